The number of benzene rings is 3. The SMILES string of the molecule is CC(=O)OCC[C@]12Cc3c(O)c4c(c(O)c3[C@H](C1)OB(c1ccccc1)O2)C(=O)c1ccccc1C4=O. The van der Waals surface area contributed by atoms with Crippen molar-refractivity contribution >= 4 is 30.1 Å². The van der Waals surface area contributed by atoms with Crippen LogP contribution in [0.25, 0.3) is 0 Å². The second kappa shape index (κ2) is 8.57. The maximum atomic E-state index is 13.4. The summed E-state index contributed by atoms with van der Waals surface area (Å²) in [4.78, 5) is 38.2. The second-order valence-corrected chi connectivity index (χ2v) is 9.68. The number of phenols is 2. The Morgan fingerprint density at radius 3 is 2.27 bits per heavy atom. The largest absolute Gasteiger partial charge is 0.507 e. The van der Waals surface area contributed by atoms with Crippen LogP contribution in [0.4, 0.5) is 0 Å². The maximum absolute atomic E-state index is 13.4. The number of esters is 1. The highest BCUT2D eigenvalue weighted by molar-refractivity contribution is 6.61. The van der Waals surface area contributed by atoms with E-state index in [9.17, 15) is 24.6 Å². The minimum Gasteiger partial charge on any atom is -0.507 e. The molecule has 0 radical (unpaired) electrons. The Bertz CT molecular complexity index is 1470. The van der Waals surface area contributed by atoms with Crippen LogP contribution in [0.15, 0.2) is 54.6 Å². The Kier molecular flexibility index (Phi) is 5.43. The van der Waals surface area contributed by atoms with Crippen molar-refractivity contribution in [2.75, 3.05) is 6.61 Å². The number of carbonyl (C=O) groups excluding carboxylic acids is 3. The summed E-state index contributed by atoms with van der Waals surface area (Å²) < 4.78 is 17.9. The average molecular weight is 498 g/mol. The lowest BCUT2D eigenvalue weighted by Crippen LogP contribution is -2.56. The maximum Gasteiger partial charge on any atom is 0.494 e. The number of phenolic OH excluding ortho intramolecular Hbond substituents is 2. The molecule has 0 aromatic heterocycles. The monoisotopic (exact) mass is 498 g/mol. The molecule has 6 rings (SSSR count). The van der Waals surface area contributed by atoms with Gasteiger partial charge in [0, 0.05) is 48.4 Å². The summed E-state index contributed by atoms with van der Waals surface area (Å²) in [5.41, 5.74) is 0.348. The van der Waals surface area contributed by atoms with Crippen molar-refractivity contribution in [2.45, 2.75) is 37.9 Å². The fourth-order valence-corrected chi connectivity index (χ4v) is 5.74. The number of ketones is 2. The second-order valence-electron chi connectivity index (χ2n) is 9.68. The van der Waals surface area contributed by atoms with Gasteiger partial charge in [0.25, 0.3) is 0 Å². The fourth-order valence-electron chi connectivity index (χ4n) is 5.74. The first kappa shape index (κ1) is 23.5. The molecule has 1 aliphatic heterocycles. The van der Waals surface area contributed by atoms with Gasteiger partial charge >= 0.3 is 13.1 Å². The number of carbonyl (C=O) groups is 3. The molecule has 0 spiro atoms. The van der Waals surface area contributed by atoms with Gasteiger partial charge in [0.2, 0.25) is 0 Å². The van der Waals surface area contributed by atoms with Gasteiger partial charge in [0.1, 0.15) is 11.5 Å². The zero-order valence-electron chi connectivity index (χ0n) is 20.0. The Morgan fingerprint density at radius 1 is 1.00 bits per heavy atom. The van der Waals surface area contributed by atoms with Gasteiger partial charge in [0.05, 0.1) is 29.4 Å². The van der Waals surface area contributed by atoms with E-state index >= 15 is 0 Å². The molecule has 37 heavy (non-hydrogen) atoms. The van der Waals surface area contributed by atoms with E-state index < -0.39 is 36.4 Å². The minimum atomic E-state index is -0.913. The molecule has 1 fully saturated rings. The van der Waals surface area contributed by atoms with E-state index in [-0.39, 0.29) is 52.3 Å². The van der Waals surface area contributed by atoms with Crippen LogP contribution < -0.4 is 5.46 Å². The van der Waals surface area contributed by atoms with E-state index in [4.69, 9.17) is 14.0 Å². The van der Waals surface area contributed by atoms with Gasteiger partial charge in [-0.1, -0.05) is 54.6 Å². The van der Waals surface area contributed by atoms with E-state index in [0.717, 1.165) is 5.46 Å². The van der Waals surface area contributed by atoms with Gasteiger partial charge in [-0.3, -0.25) is 14.4 Å². The van der Waals surface area contributed by atoms with Crippen molar-refractivity contribution in [3.05, 3.63) is 88.0 Å². The minimum absolute atomic E-state index is 0.0847. The van der Waals surface area contributed by atoms with Gasteiger partial charge in [-0.15, -0.1) is 0 Å². The van der Waals surface area contributed by atoms with Crippen molar-refractivity contribution in [2.24, 2.45) is 0 Å². The lowest BCUT2D eigenvalue weighted by molar-refractivity contribution is -0.143. The van der Waals surface area contributed by atoms with Crippen molar-refractivity contribution in [1.82, 2.24) is 0 Å². The zero-order chi connectivity index (χ0) is 25.9. The van der Waals surface area contributed by atoms with Gasteiger partial charge in [-0.2, -0.15) is 0 Å². The van der Waals surface area contributed by atoms with Gasteiger partial charge in [-0.05, 0) is 5.46 Å². The molecule has 3 aliphatic rings. The van der Waals surface area contributed by atoms with Gasteiger partial charge in [-0.25, -0.2) is 0 Å². The Morgan fingerprint density at radius 2 is 1.62 bits per heavy atom. The number of hydrogen-bond donors (Lipinski definition) is 2. The van der Waals surface area contributed by atoms with Crippen molar-refractivity contribution < 1.29 is 38.6 Å². The van der Waals surface area contributed by atoms with Crippen LogP contribution in [0, 0.1) is 0 Å². The smallest absolute Gasteiger partial charge is 0.494 e. The van der Waals surface area contributed by atoms with E-state index in [0.29, 0.717) is 18.4 Å². The van der Waals surface area contributed by atoms with Crippen LogP contribution in [0.1, 0.15) is 68.8 Å². The molecule has 8 nitrogen and oxygen atoms in total. The number of fused-ring (bicyclic) bond motifs is 6. The summed E-state index contributed by atoms with van der Waals surface area (Å²) in [5.74, 6) is -2.20. The highest BCUT2D eigenvalue weighted by Gasteiger charge is 2.52. The molecule has 1 heterocycles. The van der Waals surface area contributed by atoms with E-state index in [1.165, 1.54) is 19.1 Å². The average Bonchev–Trinajstić information content (AvgIpc) is 2.89. The molecule has 0 unspecified atom stereocenters. The summed E-state index contributed by atoms with van der Waals surface area (Å²) in [7, 11) is -0.791. The lowest BCUT2D eigenvalue weighted by atomic mass is 9.67. The summed E-state index contributed by atoms with van der Waals surface area (Å²) in [6.07, 6.45) is -0.00352. The third-order valence-corrected chi connectivity index (χ3v) is 7.42. The normalized spacial score (nSPS) is 21.6. The topological polar surface area (TPSA) is 119 Å². The predicted octanol–water partition coefficient (Wildman–Crippen LogP) is 2.99. The quantitative estimate of drug-likeness (QED) is 0.251. The fraction of sp³-hybridized carbons (Fsp3) is 0.250. The molecule has 0 amide bonds. The summed E-state index contributed by atoms with van der Waals surface area (Å²) in [6.45, 7) is 1.41. The third-order valence-electron chi connectivity index (χ3n) is 7.42. The highest BCUT2D eigenvalue weighted by Crippen LogP contribution is 2.54. The van der Waals surface area contributed by atoms with E-state index in [2.05, 4.69) is 0 Å². The molecular formula is C28H23BO8. The molecule has 3 aromatic rings. The third kappa shape index (κ3) is 3.65. The first-order chi connectivity index (χ1) is 17.8. The number of ether oxygens (including phenoxy) is 1. The van der Waals surface area contributed by atoms with Crippen LogP contribution in [-0.4, -0.2) is 47.1 Å². The molecule has 0 saturated carbocycles. The van der Waals surface area contributed by atoms with E-state index in [1.807, 2.05) is 30.3 Å². The summed E-state index contributed by atoms with van der Waals surface area (Å²) >= 11 is 0. The molecular weight excluding hydrogens is 475 g/mol. The van der Waals surface area contributed by atoms with Crippen LogP contribution in [0.3, 0.4) is 0 Å². The first-order valence-electron chi connectivity index (χ1n) is 12.1. The summed E-state index contributed by atoms with van der Waals surface area (Å²) in [5, 5.41) is 22.9. The first-order valence-corrected chi connectivity index (χ1v) is 12.1. The molecule has 2 atom stereocenters. The molecule has 186 valence electrons. The number of aromatic hydroxyl groups is 2. The van der Waals surface area contributed by atoms with Crippen LogP contribution in [0.2, 0.25) is 0 Å². The molecule has 2 bridgehead atoms. The predicted molar refractivity (Wildman–Crippen MR) is 132 cm³/mol. The van der Waals surface area contributed by atoms with Crippen LogP contribution >= 0.6 is 0 Å². The Labute approximate surface area is 212 Å². The van der Waals surface area contributed by atoms with Crippen molar-refractivity contribution in [1.29, 1.82) is 0 Å². The number of hydrogen-bond acceptors (Lipinski definition) is 8. The lowest BCUT2D eigenvalue weighted by Gasteiger charge is -2.49. The standard InChI is InChI=1S/C28H23BO8/c1-15(30)35-12-11-28-13-19-21(20(14-28)36-29(37-28)16-7-3-2-4-8-16)27(34)23-22(26(19)33)24(31)17-9-5-6-10-18(17)25(23)32/h2-10,20,33-34H,11-14H2,1H3/t20-,28-/m0/s1. The molecule has 3 aromatic carbocycles. The molecule has 9 heteroatoms. The van der Waals surface area contributed by atoms with Crippen LogP contribution in [0.5, 0.6) is 11.5 Å². The zero-order valence-corrected chi connectivity index (χ0v) is 20.0. The van der Waals surface area contributed by atoms with E-state index in [1.54, 1.807) is 12.1 Å². The van der Waals surface area contributed by atoms with Crippen molar-refractivity contribution in [3.8, 4) is 11.5 Å². The van der Waals surface area contributed by atoms with Gasteiger partial charge in [0.15, 0.2) is 11.6 Å². The summed E-state index contributed by atoms with van der Waals surface area (Å²) in [6, 6.07) is 15.6. The Hall–Kier alpha value is -3.95. The Balaban J connectivity index is 1.50. The van der Waals surface area contributed by atoms with Crippen LogP contribution in [-0.2, 0) is 25.3 Å². The van der Waals surface area contributed by atoms with Gasteiger partial charge < -0.3 is 24.3 Å². The van der Waals surface area contributed by atoms with Crippen molar-refractivity contribution in [3.63, 3.8) is 0 Å². The molecule has 1 saturated heterocycles. The molecule has 2 aliphatic carbocycles. The molecule has 2 N–H and O–H groups in total. The number of rotatable bonds is 4. The highest BCUT2D eigenvalue weighted by atomic mass is 16.6.